The summed E-state index contributed by atoms with van der Waals surface area (Å²) in [6.07, 6.45) is 1.68. The first-order valence-corrected chi connectivity index (χ1v) is 7.06. The Kier molecular flexibility index (Phi) is 3.90. The van der Waals surface area contributed by atoms with Gasteiger partial charge in [0.05, 0.1) is 12.0 Å². The summed E-state index contributed by atoms with van der Waals surface area (Å²) in [5.41, 5.74) is 1.05. The maximum Gasteiger partial charge on any atom is 0.307 e. The molecule has 0 atom stereocenters. The van der Waals surface area contributed by atoms with E-state index in [1.807, 2.05) is 29.0 Å². The number of thioether (sulfide) groups is 1. The molecule has 0 aliphatic carbocycles. The molecule has 5 heteroatoms. The zero-order valence-corrected chi connectivity index (χ0v) is 10.6. The Morgan fingerprint density at radius 1 is 1.56 bits per heavy atom. The van der Waals surface area contributed by atoms with Crippen LogP contribution in [0.25, 0.3) is 0 Å². The van der Waals surface area contributed by atoms with Crippen molar-refractivity contribution in [2.75, 3.05) is 5.75 Å². The van der Waals surface area contributed by atoms with Crippen LogP contribution in [0.4, 0.5) is 0 Å². The standard InChI is InChI=1S/C11H13NO2S2/c1-9-7-16-11(13)12(9)4-6-15-8-10-3-2-5-14-10/h2-3,5,7H,4,6,8H2,1H3. The molecule has 16 heavy (non-hydrogen) atoms. The molecule has 0 N–H and O–H groups in total. The van der Waals surface area contributed by atoms with Crippen LogP contribution >= 0.6 is 23.1 Å². The van der Waals surface area contributed by atoms with E-state index in [0.29, 0.717) is 0 Å². The first-order chi connectivity index (χ1) is 7.77. The maximum atomic E-state index is 11.4. The van der Waals surface area contributed by atoms with Crippen molar-refractivity contribution in [1.29, 1.82) is 0 Å². The molecule has 0 saturated heterocycles. The molecule has 3 nitrogen and oxygen atoms in total. The highest BCUT2D eigenvalue weighted by Gasteiger charge is 2.02. The van der Waals surface area contributed by atoms with E-state index in [1.54, 1.807) is 18.0 Å². The van der Waals surface area contributed by atoms with Crippen molar-refractivity contribution in [3.63, 3.8) is 0 Å². The SMILES string of the molecule is Cc1csc(=O)n1CCSCc1ccco1. The minimum Gasteiger partial charge on any atom is -0.468 e. The van der Waals surface area contributed by atoms with Gasteiger partial charge >= 0.3 is 4.87 Å². The van der Waals surface area contributed by atoms with E-state index in [1.165, 1.54) is 11.3 Å². The van der Waals surface area contributed by atoms with Crippen LogP contribution in [0.1, 0.15) is 11.5 Å². The molecule has 0 aliphatic rings. The topological polar surface area (TPSA) is 35.1 Å². The van der Waals surface area contributed by atoms with Gasteiger partial charge in [-0.2, -0.15) is 11.8 Å². The van der Waals surface area contributed by atoms with Gasteiger partial charge in [-0.05, 0) is 19.1 Å². The van der Waals surface area contributed by atoms with E-state index in [0.717, 1.165) is 29.5 Å². The van der Waals surface area contributed by atoms with E-state index in [2.05, 4.69) is 0 Å². The van der Waals surface area contributed by atoms with Gasteiger partial charge in [-0.15, -0.1) is 0 Å². The number of furan rings is 1. The van der Waals surface area contributed by atoms with Gasteiger partial charge in [-0.3, -0.25) is 4.79 Å². The minimum absolute atomic E-state index is 0.135. The lowest BCUT2D eigenvalue weighted by Gasteiger charge is -2.03. The summed E-state index contributed by atoms with van der Waals surface area (Å²) in [6, 6.07) is 3.86. The molecule has 86 valence electrons. The van der Waals surface area contributed by atoms with Crippen molar-refractivity contribution in [1.82, 2.24) is 4.57 Å². The number of hydrogen-bond acceptors (Lipinski definition) is 4. The van der Waals surface area contributed by atoms with E-state index in [4.69, 9.17) is 4.42 Å². The van der Waals surface area contributed by atoms with Crippen LogP contribution in [0.2, 0.25) is 0 Å². The molecular formula is C11H13NO2S2. The Morgan fingerprint density at radius 3 is 3.06 bits per heavy atom. The van der Waals surface area contributed by atoms with Gasteiger partial charge in [0.1, 0.15) is 5.76 Å². The number of aryl methyl sites for hydroxylation is 1. The number of rotatable bonds is 5. The molecule has 0 aromatic carbocycles. The highest BCUT2D eigenvalue weighted by molar-refractivity contribution is 7.98. The van der Waals surface area contributed by atoms with Crippen LogP contribution in [0.15, 0.2) is 33.0 Å². The number of aromatic nitrogens is 1. The van der Waals surface area contributed by atoms with Crippen molar-refractivity contribution < 1.29 is 4.42 Å². The van der Waals surface area contributed by atoms with Gasteiger partial charge in [0.2, 0.25) is 0 Å². The molecule has 0 spiro atoms. The molecule has 0 saturated carbocycles. The Bertz CT molecular complexity index is 484. The minimum atomic E-state index is 0.135. The number of nitrogens with zero attached hydrogens (tertiary/aromatic N) is 1. The predicted molar refractivity (Wildman–Crippen MR) is 68.2 cm³/mol. The second-order valence-electron chi connectivity index (χ2n) is 3.43. The van der Waals surface area contributed by atoms with Gasteiger partial charge in [0.25, 0.3) is 0 Å². The summed E-state index contributed by atoms with van der Waals surface area (Å²) >= 11 is 3.04. The summed E-state index contributed by atoms with van der Waals surface area (Å²) in [7, 11) is 0. The third-order valence-corrected chi connectivity index (χ3v) is 4.10. The van der Waals surface area contributed by atoms with Crippen LogP contribution in [0, 0.1) is 6.92 Å². The molecule has 2 aromatic heterocycles. The summed E-state index contributed by atoms with van der Waals surface area (Å²) in [4.78, 5) is 11.6. The monoisotopic (exact) mass is 255 g/mol. The van der Waals surface area contributed by atoms with Crippen molar-refractivity contribution in [3.8, 4) is 0 Å². The first-order valence-electron chi connectivity index (χ1n) is 5.02. The van der Waals surface area contributed by atoms with Crippen molar-refractivity contribution >= 4 is 23.1 Å². The van der Waals surface area contributed by atoms with Gasteiger partial charge in [0.15, 0.2) is 0 Å². The fraction of sp³-hybridized carbons (Fsp3) is 0.364. The average Bonchev–Trinajstić information content (AvgIpc) is 2.87. The third kappa shape index (κ3) is 2.80. The fourth-order valence-corrected chi connectivity index (χ4v) is 2.98. The second kappa shape index (κ2) is 5.41. The Morgan fingerprint density at radius 2 is 2.44 bits per heavy atom. The smallest absolute Gasteiger partial charge is 0.307 e. The van der Waals surface area contributed by atoms with E-state index in [9.17, 15) is 4.79 Å². The average molecular weight is 255 g/mol. The zero-order valence-electron chi connectivity index (χ0n) is 9.01. The molecule has 0 aliphatic heterocycles. The van der Waals surface area contributed by atoms with Gasteiger partial charge < -0.3 is 8.98 Å². The molecule has 0 unspecified atom stereocenters. The van der Waals surface area contributed by atoms with Crippen molar-refractivity contribution in [2.45, 2.75) is 19.2 Å². The zero-order chi connectivity index (χ0) is 11.4. The molecule has 0 bridgehead atoms. The molecule has 2 aromatic rings. The summed E-state index contributed by atoms with van der Waals surface area (Å²) in [6.45, 7) is 2.74. The van der Waals surface area contributed by atoms with Crippen LogP contribution in [-0.2, 0) is 12.3 Å². The maximum absolute atomic E-state index is 11.4. The normalized spacial score (nSPS) is 10.8. The first kappa shape index (κ1) is 11.5. The quantitative estimate of drug-likeness (QED) is 0.771. The third-order valence-electron chi connectivity index (χ3n) is 2.26. The van der Waals surface area contributed by atoms with Crippen molar-refractivity contribution in [3.05, 3.63) is 44.9 Å². The summed E-state index contributed by atoms with van der Waals surface area (Å²) in [5, 5.41) is 1.90. The van der Waals surface area contributed by atoms with Crippen molar-refractivity contribution in [2.24, 2.45) is 0 Å². The number of thiazole rings is 1. The highest BCUT2D eigenvalue weighted by atomic mass is 32.2. The van der Waals surface area contributed by atoms with Crippen LogP contribution in [-0.4, -0.2) is 10.3 Å². The molecule has 0 amide bonds. The van der Waals surface area contributed by atoms with E-state index >= 15 is 0 Å². The van der Waals surface area contributed by atoms with E-state index < -0.39 is 0 Å². The lowest BCUT2D eigenvalue weighted by atomic mass is 10.5. The molecule has 2 rings (SSSR count). The molecule has 0 radical (unpaired) electrons. The highest BCUT2D eigenvalue weighted by Crippen LogP contribution is 2.13. The Labute approximate surface area is 102 Å². The van der Waals surface area contributed by atoms with E-state index in [-0.39, 0.29) is 4.87 Å². The Balaban J connectivity index is 1.78. The van der Waals surface area contributed by atoms with Crippen LogP contribution < -0.4 is 4.87 Å². The molecule has 0 fully saturated rings. The van der Waals surface area contributed by atoms with Crippen LogP contribution in [0.3, 0.4) is 0 Å². The lowest BCUT2D eigenvalue weighted by Crippen LogP contribution is -2.15. The lowest BCUT2D eigenvalue weighted by molar-refractivity contribution is 0.530. The molecule has 2 heterocycles. The van der Waals surface area contributed by atoms with Gasteiger partial charge in [0, 0.05) is 23.4 Å². The van der Waals surface area contributed by atoms with Gasteiger partial charge in [-0.1, -0.05) is 11.3 Å². The summed E-state index contributed by atoms with van der Waals surface area (Å²) < 4.78 is 7.05. The summed E-state index contributed by atoms with van der Waals surface area (Å²) in [5.74, 6) is 2.78. The van der Waals surface area contributed by atoms with Crippen LogP contribution in [0.5, 0.6) is 0 Å². The predicted octanol–water partition coefficient (Wildman–Crippen LogP) is 2.74. The van der Waals surface area contributed by atoms with Gasteiger partial charge in [-0.25, -0.2) is 0 Å². The second-order valence-corrected chi connectivity index (χ2v) is 5.35. The largest absolute Gasteiger partial charge is 0.468 e. The fourth-order valence-electron chi connectivity index (χ4n) is 1.40. The molecular weight excluding hydrogens is 242 g/mol. The number of hydrogen-bond donors (Lipinski definition) is 0. The Hall–Kier alpha value is -0.940.